The van der Waals surface area contributed by atoms with E-state index in [0.717, 1.165) is 34.9 Å². The molecule has 0 atom stereocenters. The molecule has 0 fully saturated rings. The molecule has 3 nitrogen and oxygen atoms in total. The molecule has 1 aromatic carbocycles. The smallest absolute Gasteiger partial charge is 0.148 e. The van der Waals surface area contributed by atoms with Crippen LogP contribution in [0.2, 0.25) is 0 Å². The maximum atomic E-state index is 5.88. The summed E-state index contributed by atoms with van der Waals surface area (Å²) < 4.78 is 5.88. The summed E-state index contributed by atoms with van der Waals surface area (Å²) in [5, 5.41) is 0. The van der Waals surface area contributed by atoms with Gasteiger partial charge in [0.15, 0.2) is 0 Å². The molecule has 94 valence electrons. The van der Waals surface area contributed by atoms with Crippen LogP contribution < -0.4 is 10.5 Å². The van der Waals surface area contributed by atoms with Crippen LogP contribution in [0.1, 0.15) is 23.9 Å². The zero-order chi connectivity index (χ0) is 13.0. The molecule has 2 N–H and O–H groups in total. The zero-order valence-corrected chi connectivity index (χ0v) is 10.8. The van der Waals surface area contributed by atoms with Crippen LogP contribution in [0.15, 0.2) is 36.4 Å². The third-order valence-electron chi connectivity index (χ3n) is 2.77. The van der Waals surface area contributed by atoms with Crippen molar-refractivity contribution >= 4 is 0 Å². The number of nitrogens with two attached hydrogens (primary N) is 1. The quantitative estimate of drug-likeness (QED) is 0.895. The fourth-order valence-corrected chi connectivity index (χ4v) is 1.81. The molecule has 0 aliphatic rings. The molecule has 0 amide bonds. The Morgan fingerprint density at radius 2 is 2.06 bits per heavy atom. The number of hydrogen-bond acceptors (Lipinski definition) is 3. The minimum Gasteiger partial charge on any atom is -0.455 e. The summed E-state index contributed by atoms with van der Waals surface area (Å²) in [6.07, 6.45) is 0.855. The molecule has 2 aromatic rings. The standard InChI is InChI=1S/C15H18N2O/c1-3-14-15(8-7-11(2)17-14)18-13-6-4-5-12(9-13)10-16/h4-9H,3,10,16H2,1-2H3. The number of pyridine rings is 1. The van der Waals surface area contributed by atoms with E-state index < -0.39 is 0 Å². The monoisotopic (exact) mass is 242 g/mol. The first-order valence-electron chi connectivity index (χ1n) is 6.16. The SMILES string of the molecule is CCc1nc(C)ccc1Oc1cccc(CN)c1. The summed E-state index contributed by atoms with van der Waals surface area (Å²) in [7, 11) is 0. The normalized spacial score (nSPS) is 10.4. The van der Waals surface area contributed by atoms with Crippen LogP contribution in [-0.4, -0.2) is 4.98 Å². The average Bonchev–Trinajstić information content (AvgIpc) is 2.41. The number of benzene rings is 1. The average molecular weight is 242 g/mol. The second-order valence-corrected chi connectivity index (χ2v) is 4.20. The van der Waals surface area contributed by atoms with Crippen LogP contribution >= 0.6 is 0 Å². The molecule has 1 aromatic heterocycles. The molecule has 0 saturated heterocycles. The Kier molecular flexibility index (Phi) is 3.95. The molecule has 3 heteroatoms. The van der Waals surface area contributed by atoms with Gasteiger partial charge in [0.25, 0.3) is 0 Å². The Balaban J connectivity index is 2.27. The predicted octanol–water partition coefficient (Wildman–Crippen LogP) is 3.20. The lowest BCUT2D eigenvalue weighted by Gasteiger charge is -2.10. The van der Waals surface area contributed by atoms with Crippen molar-refractivity contribution < 1.29 is 4.74 Å². The van der Waals surface area contributed by atoms with E-state index in [1.165, 1.54) is 0 Å². The maximum absolute atomic E-state index is 5.88. The van der Waals surface area contributed by atoms with Crippen LogP contribution in [-0.2, 0) is 13.0 Å². The van der Waals surface area contributed by atoms with Gasteiger partial charge in [0, 0.05) is 12.2 Å². The molecule has 0 saturated carbocycles. The van der Waals surface area contributed by atoms with Gasteiger partial charge in [-0.25, -0.2) is 0 Å². The van der Waals surface area contributed by atoms with Crippen LogP contribution in [0.4, 0.5) is 0 Å². The molecule has 0 radical (unpaired) electrons. The largest absolute Gasteiger partial charge is 0.455 e. The molecule has 0 spiro atoms. The van der Waals surface area contributed by atoms with Gasteiger partial charge < -0.3 is 10.5 Å². The van der Waals surface area contributed by atoms with E-state index in [9.17, 15) is 0 Å². The molecule has 0 aliphatic heterocycles. The molecular weight excluding hydrogens is 224 g/mol. The second kappa shape index (κ2) is 5.65. The Bertz CT molecular complexity index is 538. The first-order valence-corrected chi connectivity index (χ1v) is 6.16. The lowest BCUT2D eigenvalue weighted by molar-refractivity contribution is 0.472. The highest BCUT2D eigenvalue weighted by Crippen LogP contribution is 2.25. The Morgan fingerprint density at radius 3 is 2.78 bits per heavy atom. The first-order chi connectivity index (χ1) is 8.72. The van der Waals surface area contributed by atoms with E-state index in [4.69, 9.17) is 10.5 Å². The van der Waals surface area contributed by atoms with E-state index >= 15 is 0 Å². The van der Waals surface area contributed by atoms with E-state index in [2.05, 4.69) is 11.9 Å². The summed E-state index contributed by atoms with van der Waals surface area (Å²) in [4.78, 5) is 4.48. The van der Waals surface area contributed by atoms with Crippen molar-refractivity contribution in [1.29, 1.82) is 0 Å². The molecule has 2 rings (SSSR count). The van der Waals surface area contributed by atoms with Gasteiger partial charge in [-0.3, -0.25) is 4.98 Å². The summed E-state index contributed by atoms with van der Waals surface area (Å²) in [5.74, 6) is 1.62. The lowest BCUT2D eigenvalue weighted by atomic mass is 10.2. The van der Waals surface area contributed by atoms with Crippen molar-refractivity contribution in [3.8, 4) is 11.5 Å². The van der Waals surface area contributed by atoms with Crippen LogP contribution in [0.25, 0.3) is 0 Å². The maximum Gasteiger partial charge on any atom is 0.148 e. The van der Waals surface area contributed by atoms with Crippen LogP contribution in [0, 0.1) is 6.92 Å². The number of hydrogen-bond donors (Lipinski definition) is 1. The van der Waals surface area contributed by atoms with E-state index in [-0.39, 0.29) is 0 Å². The highest BCUT2D eigenvalue weighted by atomic mass is 16.5. The topological polar surface area (TPSA) is 48.1 Å². The van der Waals surface area contributed by atoms with E-state index in [1.807, 2.05) is 43.3 Å². The van der Waals surface area contributed by atoms with Gasteiger partial charge in [-0.05, 0) is 43.2 Å². The summed E-state index contributed by atoms with van der Waals surface area (Å²) >= 11 is 0. The second-order valence-electron chi connectivity index (χ2n) is 4.20. The van der Waals surface area contributed by atoms with Crippen molar-refractivity contribution in [3.05, 3.63) is 53.3 Å². The zero-order valence-electron chi connectivity index (χ0n) is 10.8. The van der Waals surface area contributed by atoms with Gasteiger partial charge in [-0.1, -0.05) is 19.1 Å². The molecule has 18 heavy (non-hydrogen) atoms. The van der Waals surface area contributed by atoms with Crippen molar-refractivity contribution in [2.24, 2.45) is 5.73 Å². The van der Waals surface area contributed by atoms with Crippen molar-refractivity contribution in [2.75, 3.05) is 0 Å². The van der Waals surface area contributed by atoms with Gasteiger partial charge in [0.05, 0.1) is 5.69 Å². The molecule has 1 heterocycles. The molecule has 0 aliphatic carbocycles. The van der Waals surface area contributed by atoms with Crippen LogP contribution in [0.5, 0.6) is 11.5 Å². The highest BCUT2D eigenvalue weighted by Gasteiger charge is 2.05. The molecular formula is C15H18N2O. The number of ether oxygens (including phenoxy) is 1. The van der Waals surface area contributed by atoms with Gasteiger partial charge in [0.2, 0.25) is 0 Å². The highest BCUT2D eigenvalue weighted by molar-refractivity contribution is 5.36. The number of aryl methyl sites for hydroxylation is 2. The first kappa shape index (κ1) is 12.6. The van der Waals surface area contributed by atoms with Gasteiger partial charge in [0.1, 0.15) is 11.5 Å². The van der Waals surface area contributed by atoms with E-state index in [1.54, 1.807) is 0 Å². The van der Waals surface area contributed by atoms with Gasteiger partial charge in [-0.15, -0.1) is 0 Å². The van der Waals surface area contributed by atoms with Crippen molar-refractivity contribution in [1.82, 2.24) is 4.98 Å². The Labute approximate surface area is 108 Å². The lowest BCUT2D eigenvalue weighted by Crippen LogP contribution is -1.98. The number of aromatic nitrogens is 1. The van der Waals surface area contributed by atoms with E-state index in [0.29, 0.717) is 6.54 Å². The summed E-state index contributed by atoms with van der Waals surface area (Å²) in [6.45, 7) is 4.58. The van der Waals surface area contributed by atoms with Crippen molar-refractivity contribution in [2.45, 2.75) is 26.8 Å². The summed E-state index contributed by atoms with van der Waals surface area (Å²) in [6, 6.07) is 11.8. The van der Waals surface area contributed by atoms with Gasteiger partial charge >= 0.3 is 0 Å². The van der Waals surface area contributed by atoms with Crippen LogP contribution in [0.3, 0.4) is 0 Å². The number of rotatable bonds is 4. The Hall–Kier alpha value is -1.87. The fourth-order valence-electron chi connectivity index (χ4n) is 1.81. The fraction of sp³-hybridized carbons (Fsp3) is 0.267. The molecule has 0 unspecified atom stereocenters. The minimum absolute atomic E-state index is 0.518. The number of nitrogens with zero attached hydrogens (tertiary/aromatic N) is 1. The summed E-state index contributed by atoms with van der Waals surface area (Å²) in [5.41, 5.74) is 8.67. The van der Waals surface area contributed by atoms with Crippen molar-refractivity contribution in [3.63, 3.8) is 0 Å². The van der Waals surface area contributed by atoms with Gasteiger partial charge in [-0.2, -0.15) is 0 Å². The predicted molar refractivity (Wildman–Crippen MR) is 72.8 cm³/mol. The third-order valence-corrected chi connectivity index (χ3v) is 2.77. The Morgan fingerprint density at radius 1 is 1.22 bits per heavy atom. The molecule has 0 bridgehead atoms. The minimum atomic E-state index is 0.518. The third kappa shape index (κ3) is 2.87.